The van der Waals surface area contributed by atoms with Crippen molar-refractivity contribution >= 4 is 66.2 Å². The number of H-pyrrole nitrogens is 1. The van der Waals surface area contributed by atoms with Gasteiger partial charge in [-0.3, -0.25) is 0 Å². The average molecular weight is 763 g/mol. The highest BCUT2D eigenvalue weighted by Crippen LogP contribution is 2.43. The zero-order valence-electron chi connectivity index (χ0n) is 27.6. The third-order valence-electron chi connectivity index (χ3n) is 10.2. The fraction of sp³-hybridized carbons (Fsp3) is 0. The Bertz CT molecular complexity index is 2890. The Labute approximate surface area is 309 Å². The molecule has 0 aliphatic carbocycles. The number of aromatic nitrogens is 2. The molecule has 0 unspecified atom stereocenters. The predicted molar refractivity (Wildman–Crippen MR) is 225 cm³/mol. The highest BCUT2D eigenvalue weighted by molar-refractivity contribution is 14.1. The van der Waals surface area contributed by atoms with E-state index in [0.29, 0.717) is 0 Å². The Balaban J connectivity index is 1.26. The van der Waals surface area contributed by atoms with Gasteiger partial charge in [0.1, 0.15) is 0 Å². The van der Waals surface area contributed by atoms with E-state index in [0.717, 1.165) is 11.2 Å². The summed E-state index contributed by atoms with van der Waals surface area (Å²) in [6, 6.07) is 66.1. The molecule has 0 saturated heterocycles. The van der Waals surface area contributed by atoms with Crippen LogP contribution in [-0.4, -0.2) is 9.55 Å². The van der Waals surface area contributed by atoms with Gasteiger partial charge in [-0.15, -0.1) is 0 Å². The lowest BCUT2D eigenvalue weighted by Crippen LogP contribution is -1.93. The minimum Gasteiger partial charge on any atom is -0.353 e. The summed E-state index contributed by atoms with van der Waals surface area (Å²) >= 11 is 2.49. The number of hydrogen-bond donors (Lipinski definition) is 1. The van der Waals surface area contributed by atoms with E-state index in [9.17, 15) is 0 Å². The number of benzene rings is 8. The number of rotatable bonds is 5. The molecule has 3 heteroatoms. The van der Waals surface area contributed by atoms with E-state index >= 15 is 0 Å². The first-order chi connectivity index (χ1) is 25.2. The van der Waals surface area contributed by atoms with Crippen molar-refractivity contribution in [3.63, 3.8) is 0 Å². The first kappa shape index (κ1) is 30.0. The van der Waals surface area contributed by atoms with E-state index in [1.807, 2.05) is 0 Å². The third kappa shape index (κ3) is 5.07. The van der Waals surface area contributed by atoms with Gasteiger partial charge in [-0.2, -0.15) is 0 Å². The van der Waals surface area contributed by atoms with Crippen LogP contribution < -0.4 is 0 Å². The second kappa shape index (κ2) is 12.1. The summed E-state index contributed by atoms with van der Waals surface area (Å²) in [5.74, 6) is 0. The van der Waals surface area contributed by atoms with Gasteiger partial charge in [0.05, 0.1) is 22.1 Å². The second-order valence-electron chi connectivity index (χ2n) is 13.2. The lowest BCUT2D eigenvalue weighted by Gasteiger charge is -2.11. The van der Waals surface area contributed by atoms with Gasteiger partial charge in [-0.05, 0) is 122 Å². The van der Waals surface area contributed by atoms with Crippen LogP contribution in [0.1, 0.15) is 0 Å². The van der Waals surface area contributed by atoms with Gasteiger partial charge in [0.25, 0.3) is 0 Å². The molecule has 0 bridgehead atoms. The van der Waals surface area contributed by atoms with Crippen molar-refractivity contribution in [1.82, 2.24) is 9.55 Å². The number of halogens is 1. The van der Waals surface area contributed by atoms with Gasteiger partial charge >= 0.3 is 0 Å². The van der Waals surface area contributed by atoms with Crippen LogP contribution in [0.15, 0.2) is 182 Å². The van der Waals surface area contributed by atoms with E-state index in [1.165, 1.54) is 86.2 Å². The van der Waals surface area contributed by atoms with Gasteiger partial charge < -0.3 is 9.55 Å². The molecule has 0 amide bonds. The van der Waals surface area contributed by atoms with E-state index in [-0.39, 0.29) is 0 Å². The molecule has 2 aromatic heterocycles. The maximum atomic E-state index is 3.90. The standard InChI is InChI=1S/C48H31IN2/c49-44-30-37(33-17-9-3-10-18-33)29-43-42-28-36(32-15-7-2-8-16-32)27-39(47(42)50-48(43)44)35-22-24-46-41(26-35)40-25-34(31-13-5-1-6-14-31)21-23-45(40)51(46)38-19-11-4-12-20-38/h1-30,50H. The fourth-order valence-electron chi connectivity index (χ4n) is 7.74. The first-order valence-corrected chi connectivity index (χ1v) is 18.4. The number of nitrogens with zero attached hydrogens (tertiary/aromatic N) is 1. The van der Waals surface area contributed by atoms with Crippen molar-refractivity contribution < 1.29 is 0 Å². The highest BCUT2D eigenvalue weighted by Gasteiger charge is 2.19. The van der Waals surface area contributed by atoms with Crippen LogP contribution in [0.5, 0.6) is 0 Å². The third-order valence-corrected chi connectivity index (χ3v) is 11.0. The molecule has 2 heterocycles. The van der Waals surface area contributed by atoms with Crippen LogP contribution in [0, 0.1) is 3.57 Å². The van der Waals surface area contributed by atoms with Gasteiger partial charge in [-0.25, -0.2) is 0 Å². The molecule has 0 radical (unpaired) electrons. The van der Waals surface area contributed by atoms with Crippen molar-refractivity contribution in [1.29, 1.82) is 0 Å². The number of hydrogen-bond acceptors (Lipinski definition) is 0. The highest BCUT2D eigenvalue weighted by atomic mass is 127. The van der Waals surface area contributed by atoms with Crippen molar-refractivity contribution in [2.45, 2.75) is 0 Å². The Morgan fingerprint density at radius 2 is 0.804 bits per heavy atom. The molecule has 0 aliphatic heterocycles. The van der Waals surface area contributed by atoms with Gasteiger partial charge in [0.2, 0.25) is 0 Å². The number of aromatic amines is 1. The maximum Gasteiger partial charge on any atom is 0.0601 e. The maximum absolute atomic E-state index is 3.90. The summed E-state index contributed by atoms with van der Waals surface area (Å²) in [5, 5.41) is 4.95. The number of nitrogens with one attached hydrogen (secondary N) is 1. The topological polar surface area (TPSA) is 20.7 Å². The molecule has 8 aromatic carbocycles. The molecule has 240 valence electrons. The Morgan fingerprint density at radius 3 is 1.39 bits per heavy atom. The molecule has 10 rings (SSSR count). The summed E-state index contributed by atoms with van der Waals surface area (Å²) in [7, 11) is 0. The zero-order chi connectivity index (χ0) is 33.9. The van der Waals surface area contributed by atoms with E-state index in [4.69, 9.17) is 0 Å². The normalized spacial score (nSPS) is 11.6. The predicted octanol–water partition coefficient (Wildman–Crippen LogP) is 13.7. The van der Waals surface area contributed by atoms with Gasteiger partial charge in [0, 0.05) is 36.4 Å². The minimum atomic E-state index is 1.16. The van der Waals surface area contributed by atoms with Crippen LogP contribution in [-0.2, 0) is 0 Å². The zero-order valence-corrected chi connectivity index (χ0v) is 29.8. The summed E-state index contributed by atoms with van der Waals surface area (Å²) in [5.41, 5.74) is 15.6. The van der Waals surface area contributed by atoms with Crippen LogP contribution in [0.25, 0.3) is 93.8 Å². The summed E-state index contributed by atoms with van der Waals surface area (Å²) in [4.78, 5) is 3.90. The van der Waals surface area contributed by atoms with Crippen LogP contribution >= 0.6 is 22.6 Å². The fourth-order valence-corrected chi connectivity index (χ4v) is 8.50. The lowest BCUT2D eigenvalue weighted by molar-refractivity contribution is 1.18. The van der Waals surface area contributed by atoms with Crippen molar-refractivity contribution in [3.05, 3.63) is 186 Å². The largest absolute Gasteiger partial charge is 0.353 e. The van der Waals surface area contributed by atoms with Crippen molar-refractivity contribution in [3.8, 4) is 50.2 Å². The SMILES string of the molecule is Ic1cc(-c2ccccc2)cc2c1[nH]c1c(-c3ccc4c(c3)c3cc(-c5ccccc5)ccc3n4-c3ccccc3)cc(-c3ccccc3)cc12. The molecule has 2 nitrogen and oxygen atoms in total. The number of fused-ring (bicyclic) bond motifs is 6. The summed E-state index contributed by atoms with van der Waals surface area (Å²) in [6.45, 7) is 0. The molecule has 0 spiro atoms. The van der Waals surface area contributed by atoms with Crippen LogP contribution in [0.3, 0.4) is 0 Å². The Morgan fingerprint density at radius 1 is 0.353 bits per heavy atom. The summed E-state index contributed by atoms with van der Waals surface area (Å²) in [6.07, 6.45) is 0. The smallest absolute Gasteiger partial charge is 0.0601 e. The molecule has 1 N–H and O–H groups in total. The quantitative estimate of drug-likeness (QED) is 0.169. The molecule has 0 atom stereocenters. The number of para-hydroxylation sites is 1. The van der Waals surface area contributed by atoms with E-state index in [2.05, 4.69) is 214 Å². The first-order valence-electron chi connectivity index (χ1n) is 17.3. The molecule has 0 fully saturated rings. The monoisotopic (exact) mass is 762 g/mol. The molecule has 51 heavy (non-hydrogen) atoms. The average Bonchev–Trinajstić information content (AvgIpc) is 3.74. The van der Waals surface area contributed by atoms with Crippen molar-refractivity contribution in [2.75, 3.05) is 0 Å². The Hall–Kier alpha value is -5.91. The molecule has 0 aliphatic rings. The van der Waals surface area contributed by atoms with Gasteiger partial charge in [-0.1, -0.05) is 121 Å². The lowest BCUT2D eigenvalue weighted by atomic mass is 9.94. The molecular formula is C48H31IN2. The molecule has 0 saturated carbocycles. The van der Waals surface area contributed by atoms with Crippen molar-refractivity contribution in [2.24, 2.45) is 0 Å². The van der Waals surface area contributed by atoms with Gasteiger partial charge in [0.15, 0.2) is 0 Å². The summed E-state index contributed by atoms with van der Waals surface area (Å²) < 4.78 is 3.61. The van der Waals surface area contributed by atoms with E-state index < -0.39 is 0 Å². The second-order valence-corrected chi connectivity index (χ2v) is 14.3. The van der Waals surface area contributed by atoms with Crippen LogP contribution in [0.2, 0.25) is 0 Å². The van der Waals surface area contributed by atoms with Crippen LogP contribution in [0.4, 0.5) is 0 Å². The molecule has 10 aromatic rings. The minimum absolute atomic E-state index is 1.16. The molecular weight excluding hydrogens is 731 g/mol. The Kier molecular flexibility index (Phi) is 7.14. The van der Waals surface area contributed by atoms with E-state index in [1.54, 1.807) is 0 Å².